The highest BCUT2D eigenvalue weighted by Gasteiger charge is 2.02. The summed E-state index contributed by atoms with van der Waals surface area (Å²) >= 11 is 0. The van der Waals surface area contributed by atoms with Crippen molar-refractivity contribution in [3.8, 4) is 0 Å². The zero-order valence-corrected chi connectivity index (χ0v) is 10.3. The van der Waals surface area contributed by atoms with Crippen LogP contribution in [0.1, 0.15) is 12.0 Å². The van der Waals surface area contributed by atoms with Crippen LogP contribution in [-0.4, -0.2) is 19.2 Å². The van der Waals surface area contributed by atoms with Gasteiger partial charge < -0.3 is 10.1 Å². The van der Waals surface area contributed by atoms with Gasteiger partial charge in [0, 0.05) is 6.04 Å². The summed E-state index contributed by atoms with van der Waals surface area (Å²) in [5, 5.41) is 3.34. The molecule has 0 amide bonds. The lowest BCUT2D eigenvalue weighted by Gasteiger charge is -2.14. The minimum atomic E-state index is 0.207. The van der Waals surface area contributed by atoms with E-state index in [2.05, 4.69) is 30.6 Å². The highest BCUT2D eigenvalue weighted by molar-refractivity contribution is 5.13. The molecule has 0 aliphatic heterocycles. The predicted octanol–water partition coefficient (Wildman–Crippen LogP) is 2.92. The summed E-state index contributed by atoms with van der Waals surface area (Å²) in [6.07, 6.45) is 4.75. The molecule has 0 aliphatic carbocycles. The largest absolute Gasteiger partial charge is 0.375 e. The normalized spacial score (nSPS) is 12.0. The molecule has 0 saturated heterocycles. The Hall–Kier alpha value is -1.38. The van der Waals surface area contributed by atoms with E-state index in [-0.39, 0.29) is 6.04 Å². The van der Waals surface area contributed by atoms with Crippen molar-refractivity contribution >= 4 is 0 Å². The van der Waals surface area contributed by atoms with Crippen LogP contribution in [0, 0.1) is 0 Å². The SMILES string of the molecule is C=CCCN[C@H](C=C)COCc1ccccc1. The lowest BCUT2D eigenvalue weighted by molar-refractivity contribution is 0.109. The number of hydrogen-bond acceptors (Lipinski definition) is 2. The number of ether oxygens (including phenoxy) is 1. The number of rotatable bonds is 9. The maximum absolute atomic E-state index is 5.64. The van der Waals surface area contributed by atoms with Crippen molar-refractivity contribution in [3.05, 3.63) is 61.2 Å². The van der Waals surface area contributed by atoms with Crippen molar-refractivity contribution < 1.29 is 4.74 Å². The van der Waals surface area contributed by atoms with Gasteiger partial charge in [0.15, 0.2) is 0 Å². The van der Waals surface area contributed by atoms with Gasteiger partial charge in [-0.1, -0.05) is 42.5 Å². The van der Waals surface area contributed by atoms with Crippen LogP contribution < -0.4 is 5.32 Å². The molecule has 1 rings (SSSR count). The summed E-state index contributed by atoms with van der Waals surface area (Å²) in [4.78, 5) is 0. The van der Waals surface area contributed by atoms with E-state index in [1.54, 1.807) is 0 Å². The summed E-state index contributed by atoms with van der Waals surface area (Å²) in [5.41, 5.74) is 1.20. The highest BCUT2D eigenvalue weighted by atomic mass is 16.5. The molecule has 0 bridgehead atoms. The molecular formula is C15H21NO. The second-order valence-corrected chi connectivity index (χ2v) is 3.87. The van der Waals surface area contributed by atoms with Crippen LogP contribution in [-0.2, 0) is 11.3 Å². The van der Waals surface area contributed by atoms with Gasteiger partial charge in [0.2, 0.25) is 0 Å². The van der Waals surface area contributed by atoms with E-state index in [0.29, 0.717) is 13.2 Å². The molecule has 92 valence electrons. The Kier molecular flexibility index (Phi) is 7.03. The van der Waals surface area contributed by atoms with Crippen molar-refractivity contribution in [2.24, 2.45) is 0 Å². The number of nitrogens with one attached hydrogen (secondary N) is 1. The van der Waals surface area contributed by atoms with Gasteiger partial charge in [0.05, 0.1) is 13.2 Å². The van der Waals surface area contributed by atoms with Gasteiger partial charge in [-0.2, -0.15) is 0 Å². The molecule has 1 atom stereocenters. The Morgan fingerprint density at radius 3 is 2.65 bits per heavy atom. The summed E-state index contributed by atoms with van der Waals surface area (Å²) < 4.78 is 5.64. The Labute approximate surface area is 104 Å². The third kappa shape index (κ3) is 6.05. The maximum Gasteiger partial charge on any atom is 0.0717 e. The van der Waals surface area contributed by atoms with Crippen LogP contribution in [0.2, 0.25) is 0 Å². The fraction of sp³-hybridized carbons (Fsp3) is 0.333. The first-order chi connectivity index (χ1) is 8.36. The van der Waals surface area contributed by atoms with Crippen LogP contribution in [0.4, 0.5) is 0 Å². The van der Waals surface area contributed by atoms with Gasteiger partial charge in [-0.3, -0.25) is 0 Å². The van der Waals surface area contributed by atoms with E-state index in [1.807, 2.05) is 30.4 Å². The van der Waals surface area contributed by atoms with E-state index in [0.717, 1.165) is 13.0 Å². The van der Waals surface area contributed by atoms with Crippen LogP contribution in [0.15, 0.2) is 55.6 Å². The smallest absolute Gasteiger partial charge is 0.0717 e. The van der Waals surface area contributed by atoms with Gasteiger partial charge >= 0.3 is 0 Å². The van der Waals surface area contributed by atoms with Crippen molar-refractivity contribution in [1.82, 2.24) is 5.32 Å². The molecule has 0 aromatic heterocycles. The third-order valence-electron chi connectivity index (χ3n) is 2.45. The van der Waals surface area contributed by atoms with E-state index in [4.69, 9.17) is 4.74 Å². The predicted molar refractivity (Wildman–Crippen MR) is 72.9 cm³/mol. The average molecular weight is 231 g/mol. The van der Waals surface area contributed by atoms with Crippen LogP contribution in [0.5, 0.6) is 0 Å². The molecule has 1 N–H and O–H groups in total. The van der Waals surface area contributed by atoms with Gasteiger partial charge in [-0.15, -0.1) is 13.2 Å². The van der Waals surface area contributed by atoms with Gasteiger partial charge in [-0.05, 0) is 18.5 Å². The summed E-state index contributed by atoms with van der Waals surface area (Å²) in [6, 6.07) is 10.4. The van der Waals surface area contributed by atoms with Crippen molar-refractivity contribution in [1.29, 1.82) is 0 Å². The van der Waals surface area contributed by atoms with E-state index < -0.39 is 0 Å². The van der Waals surface area contributed by atoms with E-state index >= 15 is 0 Å². The lowest BCUT2D eigenvalue weighted by atomic mass is 10.2. The summed E-state index contributed by atoms with van der Waals surface area (Å²) in [6.45, 7) is 9.69. The van der Waals surface area contributed by atoms with Crippen LogP contribution >= 0.6 is 0 Å². The molecule has 1 aromatic rings. The molecule has 0 radical (unpaired) electrons. The topological polar surface area (TPSA) is 21.3 Å². The Bertz CT molecular complexity index is 321. The fourth-order valence-corrected chi connectivity index (χ4v) is 1.46. The second-order valence-electron chi connectivity index (χ2n) is 3.87. The minimum absolute atomic E-state index is 0.207. The maximum atomic E-state index is 5.64. The van der Waals surface area contributed by atoms with Crippen molar-refractivity contribution in [2.75, 3.05) is 13.2 Å². The third-order valence-corrected chi connectivity index (χ3v) is 2.45. The molecule has 2 heteroatoms. The van der Waals surface area contributed by atoms with E-state index in [1.165, 1.54) is 5.56 Å². The second kappa shape index (κ2) is 8.74. The summed E-state index contributed by atoms with van der Waals surface area (Å²) in [5.74, 6) is 0. The zero-order valence-electron chi connectivity index (χ0n) is 10.3. The molecule has 1 aromatic carbocycles. The van der Waals surface area contributed by atoms with Crippen LogP contribution in [0.3, 0.4) is 0 Å². The Morgan fingerprint density at radius 1 is 1.24 bits per heavy atom. The Balaban J connectivity index is 2.19. The molecule has 0 unspecified atom stereocenters. The lowest BCUT2D eigenvalue weighted by Crippen LogP contribution is -2.32. The van der Waals surface area contributed by atoms with Gasteiger partial charge in [0.25, 0.3) is 0 Å². The standard InChI is InChI=1S/C15H21NO/c1-3-5-11-16-15(4-2)13-17-12-14-9-7-6-8-10-14/h3-4,6-10,15-16H,1-2,5,11-13H2/t15-/m1/s1. The van der Waals surface area contributed by atoms with E-state index in [9.17, 15) is 0 Å². The highest BCUT2D eigenvalue weighted by Crippen LogP contribution is 2.01. The molecule has 17 heavy (non-hydrogen) atoms. The first-order valence-electron chi connectivity index (χ1n) is 5.95. The monoisotopic (exact) mass is 231 g/mol. The quantitative estimate of drug-likeness (QED) is 0.521. The molecule has 0 fully saturated rings. The molecule has 0 aliphatic rings. The van der Waals surface area contributed by atoms with Gasteiger partial charge in [0.1, 0.15) is 0 Å². The average Bonchev–Trinajstić information content (AvgIpc) is 2.38. The summed E-state index contributed by atoms with van der Waals surface area (Å²) in [7, 11) is 0. The van der Waals surface area contributed by atoms with Crippen LogP contribution in [0.25, 0.3) is 0 Å². The van der Waals surface area contributed by atoms with Crippen molar-refractivity contribution in [3.63, 3.8) is 0 Å². The number of hydrogen-bond donors (Lipinski definition) is 1. The molecule has 0 heterocycles. The zero-order chi connectivity index (χ0) is 12.3. The first-order valence-corrected chi connectivity index (χ1v) is 5.95. The molecule has 2 nitrogen and oxygen atoms in total. The minimum Gasteiger partial charge on any atom is -0.375 e. The molecule has 0 saturated carbocycles. The molecule has 0 spiro atoms. The fourth-order valence-electron chi connectivity index (χ4n) is 1.46. The molecular weight excluding hydrogens is 210 g/mol. The van der Waals surface area contributed by atoms with Gasteiger partial charge in [-0.25, -0.2) is 0 Å². The Morgan fingerprint density at radius 2 is 2.00 bits per heavy atom. The van der Waals surface area contributed by atoms with Crippen molar-refractivity contribution in [2.45, 2.75) is 19.1 Å². The first kappa shape index (κ1) is 13.7. The number of benzene rings is 1.